The molecule has 86 valence electrons. The highest BCUT2D eigenvalue weighted by Crippen LogP contribution is 2.11. The van der Waals surface area contributed by atoms with Gasteiger partial charge in [-0.2, -0.15) is 0 Å². The van der Waals surface area contributed by atoms with Crippen LogP contribution < -0.4 is 0 Å². The summed E-state index contributed by atoms with van der Waals surface area (Å²) in [6.07, 6.45) is -1.06. The summed E-state index contributed by atoms with van der Waals surface area (Å²) in [7, 11) is 0. The van der Waals surface area contributed by atoms with E-state index in [1.165, 1.54) is 6.92 Å². The number of halogens is 2. The van der Waals surface area contributed by atoms with Crippen LogP contribution in [0.4, 0.5) is 8.78 Å². The Morgan fingerprint density at radius 1 is 1.19 bits per heavy atom. The molecule has 0 unspecified atom stereocenters. The molecular formula is C11H10F2O3. The molecule has 0 N–H and O–H groups in total. The normalized spacial score (nSPS) is 12.0. The lowest BCUT2D eigenvalue weighted by atomic mass is 10.1. The highest BCUT2D eigenvalue weighted by molar-refractivity contribution is 6.00. The number of ketones is 1. The molecule has 1 aromatic carbocycles. The number of ether oxygens (including phenoxy) is 1. The van der Waals surface area contributed by atoms with Crippen molar-refractivity contribution < 1.29 is 23.1 Å². The standard InChI is InChI=1S/C11H10F2O3/c1-6(16-7(2)14)11(15)8-3-9(12)5-10(13)4-8/h3-6H,1-2H3/t6-/m1/s1. The van der Waals surface area contributed by atoms with Crippen molar-refractivity contribution >= 4 is 11.8 Å². The molecular weight excluding hydrogens is 218 g/mol. The van der Waals surface area contributed by atoms with Gasteiger partial charge in [-0.1, -0.05) is 0 Å². The van der Waals surface area contributed by atoms with E-state index in [2.05, 4.69) is 4.74 Å². The van der Waals surface area contributed by atoms with Crippen molar-refractivity contribution in [2.45, 2.75) is 20.0 Å². The lowest BCUT2D eigenvalue weighted by molar-refractivity contribution is -0.143. The molecule has 0 aliphatic heterocycles. The number of hydrogen-bond donors (Lipinski definition) is 0. The number of esters is 1. The van der Waals surface area contributed by atoms with E-state index in [4.69, 9.17) is 0 Å². The van der Waals surface area contributed by atoms with Crippen LogP contribution in [0.15, 0.2) is 18.2 Å². The fourth-order valence-corrected chi connectivity index (χ4v) is 1.23. The first-order chi connectivity index (χ1) is 7.40. The summed E-state index contributed by atoms with van der Waals surface area (Å²) in [5, 5.41) is 0. The zero-order valence-corrected chi connectivity index (χ0v) is 8.79. The Labute approximate surface area is 91.0 Å². The summed E-state index contributed by atoms with van der Waals surface area (Å²) in [5.74, 6) is -2.97. The van der Waals surface area contributed by atoms with Crippen LogP contribution in [0.5, 0.6) is 0 Å². The Kier molecular flexibility index (Phi) is 3.71. The van der Waals surface area contributed by atoms with E-state index in [0.29, 0.717) is 6.07 Å². The van der Waals surface area contributed by atoms with Crippen molar-refractivity contribution in [2.75, 3.05) is 0 Å². The second-order valence-electron chi connectivity index (χ2n) is 3.27. The molecule has 16 heavy (non-hydrogen) atoms. The largest absolute Gasteiger partial charge is 0.454 e. The Morgan fingerprint density at radius 2 is 1.69 bits per heavy atom. The summed E-state index contributed by atoms with van der Waals surface area (Å²) in [6.45, 7) is 2.49. The fourth-order valence-electron chi connectivity index (χ4n) is 1.23. The van der Waals surface area contributed by atoms with Crippen LogP contribution in [0.25, 0.3) is 0 Å². The predicted molar refractivity (Wildman–Crippen MR) is 51.9 cm³/mol. The molecule has 1 atom stereocenters. The zero-order chi connectivity index (χ0) is 12.3. The molecule has 0 aliphatic rings. The highest BCUT2D eigenvalue weighted by Gasteiger charge is 2.19. The molecule has 5 heteroatoms. The zero-order valence-electron chi connectivity index (χ0n) is 8.79. The molecule has 0 bridgehead atoms. The quantitative estimate of drug-likeness (QED) is 0.587. The maximum Gasteiger partial charge on any atom is 0.303 e. The monoisotopic (exact) mass is 228 g/mol. The minimum absolute atomic E-state index is 0.161. The van der Waals surface area contributed by atoms with Gasteiger partial charge in [-0.25, -0.2) is 8.78 Å². The van der Waals surface area contributed by atoms with E-state index < -0.39 is 29.5 Å². The first kappa shape index (κ1) is 12.3. The first-order valence-electron chi connectivity index (χ1n) is 4.57. The number of rotatable bonds is 3. The molecule has 0 aliphatic carbocycles. The summed E-state index contributed by atoms with van der Waals surface area (Å²) in [4.78, 5) is 22.2. The summed E-state index contributed by atoms with van der Waals surface area (Å²) < 4.78 is 30.2. The lowest BCUT2D eigenvalue weighted by Gasteiger charge is -2.10. The molecule has 1 aromatic rings. The second kappa shape index (κ2) is 4.83. The summed E-state index contributed by atoms with van der Waals surface area (Å²) >= 11 is 0. The third kappa shape index (κ3) is 3.12. The number of carbonyl (C=O) groups excluding carboxylic acids is 2. The van der Waals surface area contributed by atoms with Crippen molar-refractivity contribution in [3.8, 4) is 0 Å². The third-order valence-electron chi connectivity index (χ3n) is 1.86. The molecule has 0 aromatic heterocycles. The summed E-state index contributed by atoms with van der Waals surface area (Å²) in [5.41, 5.74) is -0.161. The number of hydrogen-bond acceptors (Lipinski definition) is 3. The second-order valence-corrected chi connectivity index (χ2v) is 3.27. The van der Waals surface area contributed by atoms with Gasteiger partial charge in [-0.05, 0) is 19.1 Å². The topological polar surface area (TPSA) is 43.4 Å². The molecule has 0 radical (unpaired) electrons. The van der Waals surface area contributed by atoms with Gasteiger partial charge in [-0.15, -0.1) is 0 Å². The average molecular weight is 228 g/mol. The maximum atomic E-state index is 12.8. The lowest BCUT2D eigenvalue weighted by Crippen LogP contribution is -2.23. The van der Waals surface area contributed by atoms with Crippen LogP contribution in [0, 0.1) is 11.6 Å². The predicted octanol–water partition coefficient (Wildman–Crippen LogP) is 2.10. The number of carbonyl (C=O) groups is 2. The van der Waals surface area contributed by atoms with Gasteiger partial charge >= 0.3 is 5.97 Å². The van der Waals surface area contributed by atoms with Gasteiger partial charge in [0, 0.05) is 18.6 Å². The van der Waals surface area contributed by atoms with Crippen LogP contribution in [-0.2, 0) is 9.53 Å². The van der Waals surface area contributed by atoms with Crippen molar-refractivity contribution in [3.63, 3.8) is 0 Å². The smallest absolute Gasteiger partial charge is 0.303 e. The van der Waals surface area contributed by atoms with E-state index >= 15 is 0 Å². The number of benzene rings is 1. The van der Waals surface area contributed by atoms with Crippen LogP contribution in [-0.4, -0.2) is 17.9 Å². The van der Waals surface area contributed by atoms with Crippen molar-refractivity contribution in [2.24, 2.45) is 0 Å². The van der Waals surface area contributed by atoms with Crippen molar-refractivity contribution in [1.82, 2.24) is 0 Å². The highest BCUT2D eigenvalue weighted by atomic mass is 19.1. The van der Waals surface area contributed by atoms with Crippen molar-refractivity contribution in [1.29, 1.82) is 0 Å². The Hall–Kier alpha value is -1.78. The Balaban J connectivity index is 2.91. The van der Waals surface area contributed by atoms with Crippen molar-refractivity contribution in [3.05, 3.63) is 35.4 Å². The number of Topliss-reactive ketones (excluding diaryl/α,β-unsaturated/α-hetero) is 1. The van der Waals surface area contributed by atoms with Crippen LogP contribution in [0.1, 0.15) is 24.2 Å². The molecule has 0 amide bonds. The maximum absolute atomic E-state index is 12.8. The van der Waals surface area contributed by atoms with Gasteiger partial charge in [-0.3, -0.25) is 9.59 Å². The fraction of sp³-hybridized carbons (Fsp3) is 0.273. The van der Waals surface area contributed by atoms with Crippen LogP contribution >= 0.6 is 0 Å². The van der Waals surface area contributed by atoms with Crippen LogP contribution in [0.3, 0.4) is 0 Å². The van der Waals surface area contributed by atoms with E-state index in [1.807, 2.05) is 0 Å². The first-order valence-corrected chi connectivity index (χ1v) is 4.57. The Morgan fingerprint density at radius 3 is 2.12 bits per heavy atom. The molecule has 0 fully saturated rings. The van der Waals surface area contributed by atoms with E-state index in [1.54, 1.807) is 0 Å². The van der Waals surface area contributed by atoms with E-state index in [-0.39, 0.29) is 5.56 Å². The van der Waals surface area contributed by atoms with Gasteiger partial charge < -0.3 is 4.74 Å². The molecule has 0 heterocycles. The minimum atomic E-state index is -1.06. The van der Waals surface area contributed by atoms with Crippen LogP contribution in [0.2, 0.25) is 0 Å². The van der Waals surface area contributed by atoms with E-state index in [9.17, 15) is 18.4 Å². The van der Waals surface area contributed by atoms with Gasteiger partial charge in [0.1, 0.15) is 11.6 Å². The Bertz CT molecular complexity index is 409. The molecule has 0 saturated heterocycles. The summed E-state index contributed by atoms with van der Waals surface area (Å²) in [6, 6.07) is 2.45. The average Bonchev–Trinajstić information content (AvgIpc) is 2.13. The van der Waals surface area contributed by atoms with Gasteiger partial charge in [0.15, 0.2) is 6.10 Å². The van der Waals surface area contributed by atoms with Gasteiger partial charge in [0.25, 0.3) is 0 Å². The SMILES string of the molecule is CC(=O)O[C@H](C)C(=O)c1cc(F)cc(F)c1. The molecule has 0 spiro atoms. The molecule has 1 rings (SSSR count). The van der Waals surface area contributed by atoms with E-state index in [0.717, 1.165) is 19.1 Å². The molecule has 0 saturated carbocycles. The third-order valence-corrected chi connectivity index (χ3v) is 1.86. The molecule has 3 nitrogen and oxygen atoms in total. The van der Waals surface area contributed by atoms with Gasteiger partial charge in [0.05, 0.1) is 0 Å². The minimum Gasteiger partial charge on any atom is -0.454 e. The van der Waals surface area contributed by atoms with Gasteiger partial charge in [0.2, 0.25) is 5.78 Å².